The maximum atomic E-state index is 12.9. The van der Waals surface area contributed by atoms with E-state index in [0.717, 1.165) is 29.8 Å². The highest BCUT2D eigenvalue weighted by Gasteiger charge is 2.60. The number of nitrogens with zero attached hydrogens (tertiary/aromatic N) is 5. The number of anilines is 2. The maximum absolute atomic E-state index is 12.9. The minimum atomic E-state index is -0.269. The number of ether oxygens (including phenoxy) is 2. The van der Waals surface area contributed by atoms with E-state index in [4.69, 9.17) is 37.7 Å². The lowest BCUT2D eigenvalue weighted by molar-refractivity contribution is -0.145. The number of benzene rings is 2. The van der Waals surface area contributed by atoms with Crippen LogP contribution in [0.1, 0.15) is 26.3 Å². The molecule has 1 N–H and O–H groups in total. The van der Waals surface area contributed by atoms with Gasteiger partial charge >= 0.3 is 5.97 Å². The van der Waals surface area contributed by atoms with Crippen LogP contribution in [0.3, 0.4) is 0 Å². The summed E-state index contributed by atoms with van der Waals surface area (Å²) in [7, 11) is 3.21. The second-order valence-electron chi connectivity index (χ2n) is 11.8. The molecule has 5 aromatic rings. The van der Waals surface area contributed by atoms with E-state index >= 15 is 0 Å². The summed E-state index contributed by atoms with van der Waals surface area (Å²) in [6.45, 7) is 8.65. The highest BCUT2D eigenvalue weighted by Crippen LogP contribution is 2.52. The van der Waals surface area contributed by atoms with Crippen molar-refractivity contribution in [1.82, 2.24) is 24.6 Å². The number of halogens is 2. The standard InChI is InChI=1S/C35H32Cl2N6O4.C2H6/c1-4-47-35(45)29-24-17-43(18-25(24)29)16-20-11-12-26(41-33(20)46-3)23-9-5-7-21(30(23)36)22-8-6-10-27(31(22)37)40-32-28-19(13-14-38-32)15-39-42(2)34(28)44;1-2/h5-15,24-25,29H,4,16-18H2,1-3H3,(H,38,40);1-2H3. The number of rotatable bonds is 9. The Kier molecular flexibility index (Phi) is 10.2. The Bertz CT molecular complexity index is 2080. The van der Waals surface area contributed by atoms with Crippen molar-refractivity contribution >= 4 is 51.4 Å². The summed E-state index contributed by atoms with van der Waals surface area (Å²) in [4.78, 5) is 36.6. The van der Waals surface area contributed by atoms with Crippen molar-refractivity contribution in [1.29, 1.82) is 0 Å². The molecule has 49 heavy (non-hydrogen) atoms. The van der Waals surface area contributed by atoms with E-state index in [9.17, 15) is 9.59 Å². The van der Waals surface area contributed by atoms with E-state index in [-0.39, 0.29) is 17.4 Å². The lowest BCUT2D eigenvalue weighted by Crippen LogP contribution is -2.26. The molecular weight excluding hydrogens is 663 g/mol. The number of likely N-dealkylation sites (tertiary alicyclic amines) is 1. The van der Waals surface area contributed by atoms with Crippen LogP contribution in [-0.2, 0) is 23.1 Å². The van der Waals surface area contributed by atoms with Crippen molar-refractivity contribution in [2.75, 3.05) is 32.1 Å². The van der Waals surface area contributed by atoms with Gasteiger partial charge in [-0.15, -0.1) is 0 Å². The molecule has 1 aliphatic carbocycles. The minimum Gasteiger partial charge on any atom is -0.481 e. The number of carbonyl (C=O) groups excluding carboxylic acids is 1. The van der Waals surface area contributed by atoms with E-state index < -0.39 is 0 Å². The number of fused-ring (bicyclic) bond motifs is 2. The summed E-state index contributed by atoms with van der Waals surface area (Å²) in [5, 5.41) is 9.34. The fraction of sp³-hybridized carbons (Fsp3) is 0.324. The fourth-order valence-corrected chi connectivity index (χ4v) is 7.26. The zero-order valence-electron chi connectivity index (χ0n) is 28.0. The SMILES string of the molecule is CC.CCOC(=O)C1C2CN(Cc3ccc(-c4cccc(-c5cccc(Nc6nccc7cnn(C)c(=O)c67)c5Cl)c4Cl)nc3OC)CC21. The van der Waals surface area contributed by atoms with Crippen molar-refractivity contribution in [3.05, 3.63) is 93.0 Å². The highest BCUT2D eigenvalue weighted by atomic mass is 35.5. The van der Waals surface area contributed by atoms with Crippen molar-refractivity contribution in [3.63, 3.8) is 0 Å². The summed E-state index contributed by atoms with van der Waals surface area (Å²) < 4.78 is 12.2. The van der Waals surface area contributed by atoms with Gasteiger partial charge in [0.2, 0.25) is 5.88 Å². The first-order valence-corrected chi connectivity index (χ1v) is 17.1. The molecule has 4 heterocycles. The number of carbonyl (C=O) groups is 1. The molecule has 0 radical (unpaired) electrons. The van der Waals surface area contributed by atoms with Crippen molar-refractivity contribution in [3.8, 4) is 28.3 Å². The average molecular weight is 702 g/mol. The Labute approximate surface area is 295 Å². The number of aryl methyl sites for hydroxylation is 1. The molecule has 2 unspecified atom stereocenters. The zero-order valence-corrected chi connectivity index (χ0v) is 29.5. The number of methoxy groups -OCH3 is 1. The van der Waals surface area contributed by atoms with Crippen LogP contribution in [-0.4, -0.2) is 57.4 Å². The quantitative estimate of drug-likeness (QED) is 0.157. The van der Waals surface area contributed by atoms with Crippen molar-refractivity contribution in [2.45, 2.75) is 27.3 Å². The zero-order chi connectivity index (χ0) is 34.8. The fourth-order valence-electron chi connectivity index (χ4n) is 6.66. The first-order valence-electron chi connectivity index (χ1n) is 16.4. The van der Waals surface area contributed by atoms with Gasteiger partial charge in [-0.3, -0.25) is 14.5 Å². The van der Waals surface area contributed by atoms with Crippen LogP contribution in [0, 0.1) is 17.8 Å². The molecule has 12 heteroatoms. The molecule has 0 amide bonds. The molecule has 0 spiro atoms. The largest absolute Gasteiger partial charge is 0.481 e. The van der Waals surface area contributed by atoms with Crippen LogP contribution >= 0.6 is 23.2 Å². The number of aromatic nitrogens is 4. The molecule has 2 aromatic carbocycles. The molecular formula is C37H38Cl2N6O4. The summed E-state index contributed by atoms with van der Waals surface area (Å²) >= 11 is 14.0. The molecule has 1 saturated carbocycles. The van der Waals surface area contributed by atoms with Gasteiger partial charge in [0.1, 0.15) is 5.82 Å². The Morgan fingerprint density at radius 2 is 1.67 bits per heavy atom. The predicted molar refractivity (Wildman–Crippen MR) is 193 cm³/mol. The van der Waals surface area contributed by atoms with E-state index in [1.54, 1.807) is 32.6 Å². The molecule has 2 aliphatic rings. The molecule has 10 nitrogen and oxygen atoms in total. The average Bonchev–Trinajstić information content (AvgIpc) is 3.63. The maximum Gasteiger partial charge on any atom is 0.309 e. The van der Waals surface area contributed by atoms with Gasteiger partial charge in [0.15, 0.2) is 0 Å². The summed E-state index contributed by atoms with van der Waals surface area (Å²) in [5.41, 5.74) is 4.09. The molecule has 254 valence electrons. The second kappa shape index (κ2) is 14.5. The number of piperidine rings is 1. The van der Waals surface area contributed by atoms with Gasteiger partial charge in [0, 0.05) is 60.5 Å². The number of hydrogen-bond acceptors (Lipinski definition) is 9. The van der Waals surface area contributed by atoms with Crippen LogP contribution in [0.25, 0.3) is 33.2 Å². The first kappa shape index (κ1) is 34.4. The lowest BCUT2D eigenvalue weighted by atomic mass is 10.00. The molecule has 1 aliphatic heterocycles. The van der Waals surface area contributed by atoms with Crippen molar-refractivity contribution in [2.24, 2.45) is 24.8 Å². The Morgan fingerprint density at radius 1 is 0.980 bits per heavy atom. The Hall–Kier alpha value is -4.51. The third-order valence-corrected chi connectivity index (χ3v) is 9.85. The topological polar surface area (TPSA) is 111 Å². The molecule has 1 saturated heterocycles. The number of hydrogen-bond donors (Lipinski definition) is 1. The molecule has 2 atom stereocenters. The van der Waals surface area contributed by atoms with Crippen LogP contribution in [0.4, 0.5) is 11.5 Å². The van der Waals surface area contributed by atoms with Gasteiger partial charge < -0.3 is 14.8 Å². The van der Waals surface area contributed by atoms with E-state index in [1.165, 1.54) is 4.68 Å². The van der Waals surface area contributed by atoms with Gasteiger partial charge in [0.25, 0.3) is 5.56 Å². The van der Waals surface area contributed by atoms with Gasteiger partial charge in [-0.25, -0.2) is 14.6 Å². The molecule has 3 aromatic heterocycles. The lowest BCUT2D eigenvalue weighted by Gasteiger charge is -2.20. The minimum absolute atomic E-state index is 0.0366. The third kappa shape index (κ3) is 6.60. The second-order valence-corrected chi connectivity index (χ2v) is 12.6. The van der Waals surface area contributed by atoms with E-state index in [1.807, 2.05) is 69.3 Å². The van der Waals surface area contributed by atoms with E-state index in [2.05, 4.69) is 20.3 Å². The predicted octanol–water partition coefficient (Wildman–Crippen LogP) is 7.38. The Morgan fingerprint density at radius 3 is 2.39 bits per heavy atom. The number of nitrogens with one attached hydrogen (secondary N) is 1. The monoisotopic (exact) mass is 700 g/mol. The van der Waals surface area contributed by atoms with E-state index in [0.29, 0.717) is 74.4 Å². The first-order chi connectivity index (χ1) is 23.8. The summed E-state index contributed by atoms with van der Waals surface area (Å²) in [5.74, 6) is 1.60. The summed E-state index contributed by atoms with van der Waals surface area (Å²) in [6, 6.07) is 17.0. The smallest absolute Gasteiger partial charge is 0.309 e. The van der Waals surface area contributed by atoms with Gasteiger partial charge in [-0.2, -0.15) is 5.10 Å². The molecule has 2 fully saturated rings. The Balaban J connectivity index is 0.00000205. The van der Waals surface area contributed by atoms with Crippen LogP contribution in [0.2, 0.25) is 10.0 Å². The normalized spacial score (nSPS) is 18.0. The van der Waals surface area contributed by atoms with Gasteiger partial charge in [-0.05, 0) is 37.0 Å². The number of pyridine rings is 2. The third-order valence-electron chi connectivity index (χ3n) is 9.03. The van der Waals surface area contributed by atoms with Crippen LogP contribution in [0.5, 0.6) is 5.88 Å². The van der Waals surface area contributed by atoms with Crippen LogP contribution < -0.4 is 15.6 Å². The van der Waals surface area contributed by atoms with Gasteiger partial charge in [0.05, 0.1) is 52.6 Å². The molecule has 0 bridgehead atoms. The van der Waals surface area contributed by atoms with Crippen molar-refractivity contribution < 1.29 is 14.3 Å². The number of esters is 1. The summed E-state index contributed by atoms with van der Waals surface area (Å²) in [6.07, 6.45) is 3.24. The van der Waals surface area contributed by atoms with Gasteiger partial charge in [-0.1, -0.05) is 73.4 Å². The molecule has 7 rings (SSSR count). The van der Waals surface area contributed by atoms with Crippen LogP contribution in [0.15, 0.2) is 71.8 Å². The highest BCUT2D eigenvalue weighted by molar-refractivity contribution is 6.39.